The molecule has 6 amide bonds. The second-order valence-corrected chi connectivity index (χ2v) is 10.6. The highest BCUT2D eigenvalue weighted by atomic mass is 32.2. The van der Waals surface area contributed by atoms with Gasteiger partial charge in [-0.15, -0.1) is 0 Å². The van der Waals surface area contributed by atoms with Crippen molar-refractivity contribution in [1.29, 1.82) is 0 Å². The van der Waals surface area contributed by atoms with E-state index in [4.69, 9.17) is 14.2 Å². The van der Waals surface area contributed by atoms with Crippen LogP contribution in [0, 0.1) is 0 Å². The van der Waals surface area contributed by atoms with Crippen molar-refractivity contribution in [2.75, 3.05) is 65.0 Å². The summed E-state index contributed by atoms with van der Waals surface area (Å²) in [5, 5.41) is 11.9. The summed E-state index contributed by atoms with van der Waals surface area (Å²) in [5.74, 6) is -0.0896. The van der Waals surface area contributed by atoms with Gasteiger partial charge < -0.3 is 35.5 Å². The summed E-state index contributed by atoms with van der Waals surface area (Å²) in [6.07, 6.45) is 5.70. The Kier molecular flexibility index (Phi) is 13.5. The molecule has 3 aliphatic heterocycles. The van der Waals surface area contributed by atoms with Crippen molar-refractivity contribution in [3.8, 4) is 0 Å². The summed E-state index contributed by atoms with van der Waals surface area (Å²) in [5.41, 5.74) is 0. The van der Waals surface area contributed by atoms with Crippen molar-refractivity contribution in [3.05, 3.63) is 12.2 Å². The molecule has 0 bridgehead atoms. The van der Waals surface area contributed by atoms with E-state index >= 15 is 0 Å². The van der Waals surface area contributed by atoms with Crippen LogP contribution in [0.1, 0.15) is 32.1 Å². The van der Waals surface area contributed by atoms with Crippen molar-refractivity contribution < 1.29 is 38.2 Å². The number of ether oxygens (including phenoxy) is 3. The standard InChI is InChI=1S/C25H39N5O8S/c31-20(4-2-1-3-19-24-18(17-39-19)28-25(35)29-24)26-8-11-36-13-15-38-16-14-37-12-9-27-21(32)7-10-30-22(33)5-6-23(30)34/h5-6,18-19,24H,1-4,7-17H2,(H,26,31)(H,27,32)(H2,28,29,35)/t18-,19+,24+/m0/s1. The molecule has 0 aromatic heterocycles. The zero-order valence-electron chi connectivity index (χ0n) is 22.1. The molecule has 0 spiro atoms. The van der Waals surface area contributed by atoms with Crippen LogP contribution < -0.4 is 21.3 Å². The molecule has 0 aromatic rings. The third-order valence-electron chi connectivity index (χ3n) is 6.42. The molecule has 3 heterocycles. The highest BCUT2D eigenvalue weighted by Crippen LogP contribution is 2.33. The maximum Gasteiger partial charge on any atom is 0.315 e. The Bertz CT molecular complexity index is 871. The summed E-state index contributed by atoms with van der Waals surface area (Å²) >= 11 is 1.89. The molecule has 0 saturated carbocycles. The van der Waals surface area contributed by atoms with Crippen LogP contribution in [0.25, 0.3) is 0 Å². The van der Waals surface area contributed by atoms with E-state index in [1.54, 1.807) is 0 Å². The van der Waals surface area contributed by atoms with Gasteiger partial charge in [0.15, 0.2) is 0 Å². The number of thioether (sulfide) groups is 1. The molecule has 0 aromatic carbocycles. The van der Waals surface area contributed by atoms with Gasteiger partial charge >= 0.3 is 6.03 Å². The second-order valence-electron chi connectivity index (χ2n) is 9.32. The van der Waals surface area contributed by atoms with E-state index in [2.05, 4.69) is 21.3 Å². The van der Waals surface area contributed by atoms with Gasteiger partial charge in [0.2, 0.25) is 11.8 Å². The zero-order chi connectivity index (χ0) is 27.9. The van der Waals surface area contributed by atoms with E-state index in [-0.39, 0.29) is 42.9 Å². The van der Waals surface area contributed by atoms with Crippen molar-refractivity contribution in [1.82, 2.24) is 26.2 Å². The Morgan fingerprint density at radius 1 is 0.846 bits per heavy atom. The first-order chi connectivity index (χ1) is 18.9. The summed E-state index contributed by atoms with van der Waals surface area (Å²) in [6.45, 7) is 3.16. The fraction of sp³-hybridized carbons (Fsp3) is 0.720. The minimum Gasteiger partial charge on any atom is -0.377 e. The van der Waals surface area contributed by atoms with Crippen molar-refractivity contribution in [2.45, 2.75) is 49.4 Å². The number of imide groups is 1. The number of hydrogen-bond acceptors (Lipinski definition) is 9. The molecule has 0 radical (unpaired) electrons. The average Bonchev–Trinajstić information content (AvgIpc) is 3.57. The van der Waals surface area contributed by atoms with Gasteiger partial charge in [0, 0.05) is 55.6 Å². The van der Waals surface area contributed by atoms with E-state index in [1.165, 1.54) is 12.2 Å². The Hall–Kier alpha value is -2.68. The maximum absolute atomic E-state index is 12.0. The number of carbonyl (C=O) groups excluding carboxylic acids is 5. The lowest BCUT2D eigenvalue weighted by Gasteiger charge is -2.16. The van der Waals surface area contributed by atoms with Crippen LogP contribution in [0.15, 0.2) is 12.2 Å². The fourth-order valence-electron chi connectivity index (χ4n) is 4.38. The van der Waals surface area contributed by atoms with Gasteiger partial charge in [0.05, 0.1) is 51.7 Å². The van der Waals surface area contributed by atoms with Crippen LogP contribution >= 0.6 is 11.8 Å². The van der Waals surface area contributed by atoms with Crippen LogP contribution in [0.5, 0.6) is 0 Å². The van der Waals surface area contributed by atoms with E-state index in [9.17, 15) is 24.0 Å². The van der Waals surface area contributed by atoms with Crippen LogP contribution in [0.3, 0.4) is 0 Å². The Labute approximate surface area is 232 Å². The van der Waals surface area contributed by atoms with Crippen molar-refractivity contribution in [2.24, 2.45) is 0 Å². The predicted molar refractivity (Wildman–Crippen MR) is 143 cm³/mol. The Balaban J connectivity index is 1.02. The lowest BCUT2D eigenvalue weighted by molar-refractivity contribution is -0.137. The highest BCUT2D eigenvalue weighted by molar-refractivity contribution is 8.00. The number of urea groups is 1. The molecule has 39 heavy (non-hydrogen) atoms. The molecular weight excluding hydrogens is 530 g/mol. The van der Waals surface area contributed by atoms with Gasteiger partial charge in [-0.2, -0.15) is 11.8 Å². The van der Waals surface area contributed by atoms with Gasteiger partial charge in [0.25, 0.3) is 11.8 Å². The van der Waals surface area contributed by atoms with E-state index in [1.807, 2.05) is 11.8 Å². The first-order valence-corrected chi connectivity index (χ1v) is 14.5. The molecule has 2 fully saturated rings. The van der Waals surface area contributed by atoms with Crippen LogP contribution in [-0.4, -0.2) is 117 Å². The molecule has 14 heteroatoms. The average molecular weight is 570 g/mol. The van der Waals surface area contributed by atoms with Gasteiger partial charge in [-0.3, -0.25) is 24.1 Å². The smallest absolute Gasteiger partial charge is 0.315 e. The van der Waals surface area contributed by atoms with Gasteiger partial charge in [-0.1, -0.05) is 6.42 Å². The summed E-state index contributed by atoms with van der Waals surface area (Å²) in [6, 6.07) is 0.376. The molecule has 3 rings (SSSR count). The second kappa shape index (κ2) is 17.1. The maximum atomic E-state index is 12.0. The van der Waals surface area contributed by atoms with Crippen LogP contribution in [0.4, 0.5) is 4.79 Å². The van der Waals surface area contributed by atoms with Crippen molar-refractivity contribution >= 4 is 41.4 Å². The number of nitrogens with zero attached hydrogens (tertiary/aromatic N) is 1. The molecule has 218 valence electrons. The van der Waals surface area contributed by atoms with Crippen LogP contribution in [-0.2, 0) is 33.4 Å². The van der Waals surface area contributed by atoms with Crippen LogP contribution in [0.2, 0.25) is 0 Å². The topological polar surface area (TPSA) is 164 Å². The molecule has 13 nitrogen and oxygen atoms in total. The summed E-state index contributed by atoms with van der Waals surface area (Å²) in [7, 11) is 0. The van der Waals surface area contributed by atoms with Crippen molar-refractivity contribution in [3.63, 3.8) is 0 Å². The molecular formula is C25H39N5O8S. The molecule has 3 atom stereocenters. The Morgan fingerprint density at radius 2 is 1.44 bits per heavy atom. The number of unbranched alkanes of at least 4 members (excludes halogenated alkanes) is 1. The fourth-order valence-corrected chi connectivity index (χ4v) is 5.93. The number of rotatable bonds is 20. The number of amides is 6. The first-order valence-electron chi connectivity index (χ1n) is 13.4. The lowest BCUT2D eigenvalue weighted by Crippen LogP contribution is -2.36. The summed E-state index contributed by atoms with van der Waals surface area (Å²) < 4.78 is 16.2. The van der Waals surface area contributed by atoms with Gasteiger partial charge in [-0.05, 0) is 12.8 Å². The minimum atomic E-state index is -0.400. The SMILES string of the molecule is O=C(CCCC[C@H]1SC[C@@H]2NC(=O)N[C@H]21)NCCOCCOCCOCCNC(=O)CCN1C(=O)C=CC1=O. The molecule has 3 aliphatic rings. The lowest BCUT2D eigenvalue weighted by atomic mass is 10.0. The number of carbonyl (C=O) groups is 5. The number of fused-ring (bicyclic) bond motifs is 1. The third-order valence-corrected chi connectivity index (χ3v) is 7.93. The zero-order valence-corrected chi connectivity index (χ0v) is 22.9. The van der Waals surface area contributed by atoms with Gasteiger partial charge in [0.1, 0.15) is 0 Å². The predicted octanol–water partition coefficient (Wildman–Crippen LogP) is -0.690. The first kappa shape index (κ1) is 30.9. The molecule has 0 unspecified atom stereocenters. The van der Waals surface area contributed by atoms with Gasteiger partial charge in [-0.25, -0.2) is 4.79 Å². The van der Waals surface area contributed by atoms with E-state index < -0.39 is 11.8 Å². The third kappa shape index (κ3) is 11.1. The summed E-state index contributed by atoms with van der Waals surface area (Å²) in [4.78, 5) is 59.0. The monoisotopic (exact) mass is 569 g/mol. The van der Waals surface area contributed by atoms with E-state index in [0.29, 0.717) is 64.4 Å². The number of nitrogens with one attached hydrogen (secondary N) is 4. The quantitative estimate of drug-likeness (QED) is 0.0844. The highest BCUT2D eigenvalue weighted by Gasteiger charge is 2.42. The minimum absolute atomic E-state index is 0.0186. The molecule has 2 saturated heterocycles. The van der Waals surface area contributed by atoms with E-state index in [0.717, 1.165) is 29.9 Å². The number of hydrogen-bond donors (Lipinski definition) is 4. The Morgan fingerprint density at radius 3 is 2.08 bits per heavy atom. The molecule has 0 aliphatic carbocycles. The normalized spacial score (nSPS) is 21.7. The molecule has 4 N–H and O–H groups in total. The largest absolute Gasteiger partial charge is 0.377 e.